The molecule has 5 heteroatoms. The van der Waals surface area contributed by atoms with Crippen molar-refractivity contribution in [2.24, 2.45) is 0 Å². The topological polar surface area (TPSA) is 56.7 Å². The summed E-state index contributed by atoms with van der Waals surface area (Å²) < 4.78 is 7.49. The third-order valence-corrected chi connectivity index (χ3v) is 3.84. The molecule has 2 aromatic rings. The fourth-order valence-corrected chi connectivity index (χ4v) is 2.65. The summed E-state index contributed by atoms with van der Waals surface area (Å²) in [5.41, 5.74) is 2.61. The van der Waals surface area contributed by atoms with Gasteiger partial charge in [-0.25, -0.2) is 4.98 Å². The van der Waals surface area contributed by atoms with E-state index in [1.807, 2.05) is 6.33 Å². The summed E-state index contributed by atoms with van der Waals surface area (Å²) in [5, 5.41) is 4.05. The third kappa shape index (κ3) is 1.74. The molecule has 0 amide bonds. The zero-order valence-corrected chi connectivity index (χ0v) is 10.3. The molecule has 0 bridgehead atoms. The molecule has 2 heterocycles. The molecular formula is C13H16N4O. The Hall–Kier alpha value is -1.65. The fraction of sp³-hybridized carbons (Fsp3) is 0.615. The highest BCUT2D eigenvalue weighted by Gasteiger charge is 2.29. The predicted molar refractivity (Wildman–Crippen MR) is 64.2 cm³/mol. The van der Waals surface area contributed by atoms with Crippen LogP contribution in [0, 0.1) is 0 Å². The lowest BCUT2D eigenvalue weighted by Gasteiger charge is -2.12. The highest BCUT2D eigenvalue weighted by Crippen LogP contribution is 2.38. The van der Waals surface area contributed by atoms with Crippen molar-refractivity contribution in [3.8, 4) is 0 Å². The molecule has 18 heavy (non-hydrogen) atoms. The Morgan fingerprint density at radius 3 is 3.06 bits per heavy atom. The Morgan fingerprint density at radius 1 is 1.28 bits per heavy atom. The van der Waals surface area contributed by atoms with Gasteiger partial charge in [-0.1, -0.05) is 5.16 Å². The number of hydrogen-bond acceptors (Lipinski definition) is 4. The van der Waals surface area contributed by atoms with Crippen LogP contribution in [0.5, 0.6) is 0 Å². The number of fused-ring (bicyclic) bond motifs is 1. The molecule has 0 radical (unpaired) electrons. The van der Waals surface area contributed by atoms with Crippen LogP contribution in [-0.2, 0) is 19.4 Å². The fourth-order valence-electron chi connectivity index (χ4n) is 2.65. The summed E-state index contributed by atoms with van der Waals surface area (Å²) in [4.78, 5) is 8.95. The number of aryl methyl sites for hydroxylation is 1. The maximum absolute atomic E-state index is 5.32. The molecule has 0 saturated heterocycles. The summed E-state index contributed by atoms with van der Waals surface area (Å²) in [6.07, 6.45) is 9.08. The third-order valence-electron chi connectivity index (χ3n) is 3.84. The van der Waals surface area contributed by atoms with Crippen molar-refractivity contribution in [1.29, 1.82) is 0 Å². The highest BCUT2D eigenvalue weighted by molar-refractivity contribution is 5.17. The van der Waals surface area contributed by atoms with E-state index in [1.165, 1.54) is 37.1 Å². The molecule has 0 spiro atoms. The lowest BCUT2D eigenvalue weighted by Crippen LogP contribution is -2.09. The summed E-state index contributed by atoms with van der Waals surface area (Å²) in [7, 11) is 0. The molecular weight excluding hydrogens is 228 g/mol. The first kappa shape index (κ1) is 10.3. The Bertz CT molecular complexity index is 567. The number of aromatic nitrogens is 4. The molecule has 1 fully saturated rings. The van der Waals surface area contributed by atoms with Crippen LogP contribution >= 0.6 is 0 Å². The minimum Gasteiger partial charge on any atom is -0.337 e. The first-order chi connectivity index (χ1) is 8.90. The SMILES string of the molecule is c1nc2c(n1Cc1nc(C3CC3)no1)CCCC2. The molecule has 0 aliphatic heterocycles. The first-order valence-electron chi connectivity index (χ1n) is 6.75. The Kier molecular flexibility index (Phi) is 2.25. The van der Waals surface area contributed by atoms with Gasteiger partial charge >= 0.3 is 0 Å². The Morgan fingerprint density at radius 2 is 2.17 bits per heavy atom. The smallest absolute Gasteiger partial charge is 0.246 e. The van der Waals surface area contributed by atoms with Crippen molar-refractivity contribution in [3.05, 3.63) is 29.4 Å². The van der Waals surface area contributed by atoms with Crippen LogP contribution in [0.25, 0.3) is 0 Å². The average molecular weight is 244 g/mol. The van der Waals surface area contributed by atoms with Crippen molar-refractivity contribution in [1.82, 2.24) is 19.7 Å². The average Bonchev–Trinajstić information content (AvgIpc) is 3.02. The first-order valence-corrected chi connectivity index (χ1v) is 6.75. The molecule has 5 nitrogen and oxygen atoms in total. The zero-order valence-electron chi connectivity index (χ0n) is 10.3. The minimum atomic E-state index is 0.555. The van der Waals surface area contributed by atoms with Crippen LogP contribution in [0.4, 0.5) is 0 Å². The van der Waals surface area contributed by atoms with Crippen LogP contribution in [-0.4, -0.2) is 19.7 Å². The van der Waals surface area contributed by atoms with E-state index >= 15 is 0 Å². The molecule has 2 aliphatic carbocycles. The molecule has 2 aromatic heterocycles. The van der Waals surface area contributed by atoms with Crippen LogP contribution in [0.2, 0.25) is 0 Å². The van der Waals surface area contributed by atoms with Crippen molar-refractivity contribution >= 4 is 0 Å². The van der Waals surface area contributed by atoms with Gasteiger partial charge in [0.15, 0.2) is 5.82 Å². The number of nitrogens with zero attached hydrogens (tertiary/aromatic N) is 4. The number of rotatable bonds is 3. The lowest BCUT2D eigenvalue weighted by molar-refractivity contribution is 0.364. The summed E-state index contributed by atoms with van der Waals surface area (Å²) in [6, 6.07) is 0. The van der Waals surface area contributed by atoms with Gasteiger partial charge in [0.25, 0.3) is 0 Å². The van der Waals surface area contributed by atoms with Gasteiger partial charge < -0.3 is 9.09 Å². The Balaban J connectivity index is 1.57. The van der Waals surface area contributed by atoms with Crippen molar-refractivity contribution in [3.63, 3.8) is 0 Å². The molecule has 4 rings (SSSR count). The molecule has 0 aromatic carbocycles. The predicted octanol–water partition coefficient (Wildman–Crippen LogP) is 2.07. The van der Waals surface area contributed by atoms with Crippen molar-refractivity contribution in [2.45, 2.75) is 51.0 Å². The second kappa shape index (κ2) is 3.93. The lowest BCUT2D eigenvalue weighted by atomic mass is 10.0. The van der Waals surface area contributed by atoms with E-state index in [2.05, 4.69) is 19.7 Å². The Labute approximate surface area is 105 Å². The van der Waals surface area contributed by atoms with Crippen LogP contribution in [0.1, 0.15) is 54.7 Å². The molecule has 1 saturated carbocycles. The maximum atomic E-state index is 5.32. The quantitative estimate of drug-likeness (QED) is 0.829. The molecule has 0 N–H and O–H groups in total. The van der Waals surface area contributed by atoms with E-state index in [9.17, 15) is 0 Å². The standard InChI is InChI=1S/C13H16N4O/c1-2-4-11-10(3-1)14-8-17(11)7-12-15-13(16-18-12)9-5-6-9/h8-9H,1-7H2. The molecule has 0 atom stereocenters. The van der Waals surface area contributed by atoms with Gasteiger partial charge in [-0.05, 0) is 38.5 Å². The van der Waals surface area contributed by atoms with E-state index < -0.39 is 0 Å². The van der Waals surface area contributed by atoms with Crippen LogP contribution < -0.4 is 0 Å². The maximum Gasteiger partial charge on any atom is 0.246 e. The monoisotopic (exact) mass is 244 g/mol. The normalized spacial score (nSPS) is 18.9. The van der Waals surface area contributed by atoms with Gasteiger partial charge in [0.2, 0.25) is 5.89 Å². The summed E-state index contributed by atoms with van der Waals surface area (Å²) >= 11 is 0. The van der Waals surface area contributed by atoms with Crippen molar-refractivity contribution in [2.75, 3.05) is 0 Å². The van der Waals surface area contributed by atoms with Gasteiger partial charge in [0.1, 0.15) is 6.54 Å². The summed E-state index contributed by atoms with van der Waals surface area (Å²) in [5.74, 6) is 2.15. The van der Waals surface area contributed by atoms with Crippen LogP contribution in [0.3, 0.4) is 0 Å². The van der Waals surface area contributed by atoms with E-state index in [4.69, 9.17) is 4.52 Å². The molecule has 94 valence electrons. The van der Waals surface area contributed by atoms with Crippen LogP contribution in [0.15, 0.2) is 10.9 Å². The molecule has 2 aliphatic rings. The second-order valence-electron chi connectivity index (χ2n) is 5.29. The van der Waals surface area contributed by atoms with Gasteiger partial charge in [0, 0.05) is 11.6 Å². The number of hydrogen-bond donors (Lipinski definition) is 0. The highest BCUT2D eigenvalue weighted by atomic mass is 16.5. The van der Waals surface area contributed by atoms with Crippen molar-refractivity contribution < 1.29 is 4.52 Å². The number of imidazole rings is 1. The summed E-state index contributed by atoms with van der Waals surface area (Å²) in [6.45, 7) is 0.669. The zero-order chi connectivity index (χ0) is 11.9. The van der Waals surface area contributed by atoms with E-state index in [1.54, 1.807) is 0 Å². The van der Waals surface area contributed by atoms with E-state index in [0.29, 0.717) is 18.4 Å². The van der Waals surface area contributed by atoms with Gasteiger partial charge in [-0.2, -0.15) is 4.98 Å². The second-order valence-corrected chi connectivity index (χ2v) is 5.29. The van der Waals surface area contributed by atoms with E-state index in [0.717, 1.165) is 18.7 Å². The van der Waals surface area contributed by atoms with E-state index in [-0.39, 0.29) is 0 Å². The molecule has 0 unspecified atom stereocenters. The minimum absolute atomic E-state index is 0.555. The van der Waals surface area contributed by atoms with Gasteiger partial charge in [-0.15, -0.1) is 0 Å². The van der Waals surface area contributed by atoms with Gasteiger partial charge in [0.05, 0.1) is 12.0 Å². The largest absolute Gasteiger partial charge is 0.337 e. The van der Waals surface area contributed by atoms with Gasteiger partial charge in [-0.3, -0.25) is 0 Å².